The number of anilines is 2. The van der Waals surface area contributed by atoms with Crippen molar-refractivity contribution in [3.8, 4) is 0 Å². The number of hydrogen-bond acceptors (Lipinski definition) is 5. The molecule has 0 aliphatic heterocycles. The van der Waals surface area contributed by atoms with Gasteiger partial charge < -0.3 is 5.73 Å². The molecule has 1 aromatic carbocycles. The van der Waals surface area contributed by atoms with Gasteiger partial charge in [-0.1, -0.05) is 11.6 Å². The van der Waals surface area contributed by atoms with Crippen LogP contribution in [0.15, 0.2) is 34.0 Å². The molecule has 0 bridgehead atoms. The number of hydrogen-bond donors (Lipinski definition) is 3. The number of nitrogens with one attached hydrogen (secondary N) is 2. The van der Waals surface area contributed by atoms with E-state index in [-0.39, 0.29) is 11.5 Å². The molecule has 0 amide bonds. The largest absolute Gasteiger partial charge is 0.399 e. The lowest BCUT2D eigenvalue weighted by Gasteiger charge is -2.09. The van der Waals surface area contributed by atoms with Crippen LogP contribution in [0.3, 0.4) is 0 Å². The minimum Gasteiger partial charge on any atom is -0.399 e. The van der Waals surface area contributed by atoms with Gasteiger partial charge in [0.2, 0.25) is 0 Å². The second-order valence-electron chi connectivity index (χ2n) is 3.73. The Hall–Kier alpha value is -2.13. The molecule has 0 spiro atoms. The van der Waals surface area contributed by atoms with E-state index in [1.807, 2.05) is 9.82 Å². The number of sulfonamides is 1. The minimum atomic E-state index is -4.28. The number of aromatic amines is 1. The van der Waals surface area contributed by atoms with Crippen LogP contribution in [0, 0.1) is 5.82 Å². The first-order valence-electron chi connectivity index (χ1n) is 5.12. The number of H-pyrrole nitrogens is 1. The average Bonchev–Trinajstić information content (AvgIpc) is 2.36. The zero-order valence-electron chi connectivity index (χ0n) is 9.72. The first-order valence-corrected chi connectivity index (χ1v) is 6.99. The normalized spacial score (nSPS) is 11.3. The maximum Gasteiger partial charge on any atom is 0.266 e. The highest BCUT2D eigenvalue weighted by molar-refractivity contribution is 7.92. The molecule has 2 aromatic rings. The third-order valence-electron chi connectivity index (χ3n) is 2.22. The summed E-state index contributed by atoms with van der Waals surface area (Å²) in [6.45, 7) is 0. The molecule has 1 heterocycles. The second kappa shape index (κ2) is 5.10. The van der Waals surface area contributed by atoms with Crippen molar-refractivity contribution in [2.75, 3.05) is 10.5 Å². The SMILES string of the molecule is Nc1cc(Cl)c(F)c(S(=O)(=O)Nc2ccc(=O)[nH]n2)c1. The van der Waals surface area contributed by atoms with E-state index < -0.39 is 31.3 Å². The topological polar surface area (TPSA) is 118 Å². The number of nitrogens with zero attached hydrogens (tertiary/aromatic N) is 1. The second-order valence-corrected chi connectivity index (χ2v) is 5.78. The average molecular weight is 319 g/mol. The van der Waals surface area contributed by atoms with E-state index in [1.54, 1.807) is 0 Å². The predicted molar refractivity (Wildman–Crippen MR) is 71.5 cm³/mol. The van der Waals surface area contributed by atoms with Gasteiger partial charge in [0.25, 0.3) is 15.6 Å². The lowest BCUT2D eigenvalue weighted by molar-refractivity contribution is 0.570. The van der Waals surface area contributed by atoms with Crippen LogP contribution in [-0.4, -0.2) is 18.6 Å². The number of nitrogen functional groups attached to an aromatic ring is 1. The summed E-state index contributed by atoms with van der Waals surface area (Å²) in [5, 5.41) is 5.07. The molecule has 0 atom stereocenters. The van der Waals surface area contributed by atoms with Crippen molar-refractivity contribution in [1.82, 2.24) is 10.2 Å². The number of nitrogens with two attached hydrogens (primary N) is 1. The van der Waals surface area contributed by atoms with Gasteiger partial charge in [-0.05, 0) is 18.2 Å². The van der Waals surface area contributed by atoms with Crippen molar-refractivity contribution in [1.29, 1.82) is 0 Å². The Morgan fingerprint density at radius 1 is 1.35 bits per heavy atom. The van der Waals surface area contributed by atoms with E-state index in [0.717, 1.165) is 24.3 Å². The molecule has 0 aliphatic carbocycles. The molecule has 2 rings (SSSR count). The summed E-state index contributed by atoms with van der Waals surface area (Å²) in [5.41, 5.74) is 4.92. The van der Waals surface area contributed by atoms with Crippen molar-refractivity contribution in [3.63, 3.8) is 0 Å². The molecule has 1 aromatic heterocycles. The monoisotopic (exact) mass is 318 g/mol. The Bertz CT molecular complexity index is 801. The van der Waals surface area contributed by atoms with Crippen molar-refractivity contribution in [2.45, 2.75) is 4.90 Å². The van der Waals surface area contributed by atoms with Gasteiger partial charge in [0.05, 0.1) is 5.02 Å². The standard InChI is InChI=1S/C10H8ClFN4O3S/c11-6-3-5(13)4-7(10(6)12)20(18,19)16-8-1-2-9(17)15-14-8/h1-4H,13H2,(H,14,16)(H,15,17). The van der Waals surface area contributed by atoms with Gasteiger partial charge in [-0.15, -0.1) is 0 Å². The lowest BCUT2D eigenvalue weighted by Crippen LogP contribution is -2.18. The van der Waals surface area contributed by atoms with Gasteiger partial charge in [-0.25, -0.2) is 17.9 Å². The number of halogens is 2. The van der Waals surface area contributed by atoms with Crippen LogP contribution in [0.1, 0.15) is 0 Å². The summed E-state index contributed by atoms with van der Waals surface area (Å²) in [7, 11) is -4.28. The lowest BCUT2D eigenvalue weighted by atomic mass is 10.3. The quantitative estimate of drug-likeness (QED) is 0.728. The van der Waals surface area contributed by atoms with Crippen molar-refractivity contribution >= 4 is 33.1 Å². The van der Waals surface area contributed by atoms with Gasteiger partial charge in [0.1, 0.15) is 4.90 Å². The van der Waals surface area contributed by atoms with Gasteiger partial charge in [-0.2, -0.15) is 5.10 Å². The predicted octanol–water partition coefficient (Wildman–Crippen LogP) is 0.945. The van der Waals surface area contributed by atoms with Gasteiger partial charge in [0, 0.05) is 11.8 Å². The Balaban J connectivity index is 2.45. The first-order chi connectivity index (χ1) is 9.29. The molecular weight excluding hydrogens is 311 g/mol. The number of benzene rings is 1. The van der Waals surface area contributed by atoms with Crippen molar-refractivity contribution in [3.05, 3.63) is 45.5 Å². The van der Waals surface area contributed by atoms with E-state index in [9.17, 15) is 17.6 Å². The minimum absolute atomic E-state index is 0.00815. The van der Waals surface area contributed by atoms with E-state index in [1.165, 1.54) is 0 Å². The molecular formula is C10H8ClFN4O3S. The Morgan fingerprint density at radius 2 is 2.05 bits per heavy atom. The van der Waals surface area contributed by atoms with Crippen LogP contribution >= 0.6 is 11.6 Å². The van der Waals surface area contributed by atoms with E-state index in [4.69, 9.17) is 17.3 Å². The highest BCUT2D eigenvalue weighted by atomic mass is 35.5. The van der Waals surface area contributed by atoms with Crippen molar-refractivity contribution in [2.24, 2.45) is 0 Å². The molecule has 0 radical (unpaired) electrons. The van der Waals surface area contributed by atoms with Gasteiger partial charge in [-0.3, -0.25) is 9.52 Å². The molecule has 20 heavy (non-hydrogen) atoms. The smallest absolute Gasteiger partial charge is 0.266 e. The third-order valence-corrected chi connectivity index (χ3v) is 3.85. The van der Waals surface area contributed by atoms with Crippen LogP contribution in [-0.2, 0) is 10.0 Å². The zero-order chi connectivity index (χ0) is 14.9. The van der Waals surface area contributed by atoms with E-state index >= 15 is 0 Å². The van der Waals surface area contributed by atoms with Crippen LogP contribution in [0.5, 0.6) is 0 Å². The Kier molecular flexibility index (Phi) is 3.64. The summed E-state index contributed by atoms with van der Waals surface area (Å²) in [6.07, 6.45) is 0. The summed E-state index contributed by atoms with van der Waals surface area (Å²) in [6, 6.07) is 4.21. The maximum atomic E-state index is 13.8. The fourth-order valence-electron chi connectivity index (χ4n) is 1.37. The fraction of sp³-hybridized carbons (Fsp3) is 0. The molecule has 10 heteroatoms. The summed E-state index contributed by atoms with van der Waals surface area (Å²) in [5.74, 6) is -1.31. The first kappa shape index (κ1) is 14.3. The highest BCUT2D eigenvalue weighted by Crippen LogP contribution is 2.26. The molecule has 0 saturated carbocycles. The number of aromatic nitrogens is 2. The van der Waals surface area contributed by atoms with Crippen molar-refractivity contribution < 1.29 is 12.8 Å². The molecule has 0 aliphatic rings. The summed E-state index contributed by atoms with van der Waals surface area (Å²) < 4.78 is 39.8. The van der Waals surface area contributed by atoms with Crippen LogP contribution in [0.2, 0.25) is 5.02 Å². The van der Waals surface area contributed by atoms with Crippen LogP contribution in [0.25, 0.3) is 0 Å². The summed E-state index contributed by atoms with van der Waals surface area (Å²) >= 11 is 5.54. The Morgan fingerprint density at radius 3 is 2.65 bits per heavy atom. The maximum absolute atomic E-state index is 13.8. The zero-order valence-corrected chi connectivity index (χ0v) is 11.3. The van der Waals surface area contributed by atoms with Gasteiger partial charge >= 0.3 is 0 Å². The van der Waals surface area contributed by atoms with Crippen LogP contribution in [0.4, 0.5) is 15.9 Å². The molecule has 0 fully saturated rings. The van der Waals surface area contributed by atoms with E-state index in [0.29, 0.717) is 0 Å². The molecule has 7 nitrogen and oxygen atoms in total. The summed E-state index contributed by atoms with van der Waals surface area (Å²) in [4.78, 5) is 10.1. The third kappa shape index (κ3) is 2.89. The molecule has 106 valence electrons. The molecule has 0 unspecified atom stereocenters. The van der Waals surface area contributed by atoms with Gasteiger partial charge in [0.15, 0.2) is 11.6 Å². The van der Waals surface area contributed by atoms with Crippen LogP contribution < -0.4 is 16.0 Å². The molecule has 4 N–H and O–H groups in total. The fourth-order valence-corrected chi connectivity index (χ4v) is 2.79. The Labute approximate surface area is 117 Å². The van der Waals surface area contributed by atoms with E-state index in [2.05, 4.69) is 5.10 Å². The highest BCUT2D eigenvalue weighted by Gasteiger charge is 2.22. The molecule has 0 saturated heterocycles. The number of rotatable bonds is 3.